The molecule has 1 aromatic rings. The van der Waals surface area contributed by atoms with Crippen molar-refractivity contribution in [3.63, 3.8) is 0 Å². The fraction of sp³-hybridized carbons (Fsp3) is 0.579. The smallest absolute Gasteiger partial charge is 0.227 e. The van der Waals surface area contributed by atoms with E-state index in [0.717, 1.165) is 24.2 Å². The minimum Gasteiger partial charge on any atom is -0.491 e. The lowest BCUT2D eigenvalue weighted by Gasteiger charge is -2.32. The first-order valence-corrected chi connectivity index (χ1v) is 9.00. The van der Waals surface area contributed by atoms with Crippen LogP contribution in [0.5, 0.6) is 5.75 Å². The van der Waals surface area contributed by atoms with E-state index in [2.05, 4.69) is 5.32 Å². The number of nitrogens with two attached hydrogens (primary N) is 1. The van der Waals surface area contributed by atoms with E-state index in [1.165, 1.54) is 0 Å². The number of carbonyl (C=O) groups is 2. The van der Waals surface area contributed by atoms with Crippen LogP contribution in [0.4, 0.5) is 0 Å². The molecule has 0 bridgehead atoms. The van der Waals surface area contributed by atoms with E-state index in [-0.39, 0.29) is 36.2 Å². The molecule has 1 unspecified atom stereocenters. The van der Waals surface area contributed by atoms with Crippen LogP contribution < -0.4 is 15.8 Å². The van der Waals surface area contributed by atoms with E-state index in [9.17, 15) is 9.59 Å². The Morgan fingerprint density at radius 1 is 1.38 bits per heavy atom. The Morgan fingerprint density at radius 2 is 2.15 bits per heavy atom. The number of piperidine rings is 1. The lowest BCUT2D eigenvalue weighted by Crippen LogP contribution is -2.46. The summed E-state index contributed by atoms with van der Waals surface area (Å²) in [4.78, 5) is 26.5. The number of amides is 2. The SMILES string of the molecule is CC(C)Oc1cccc(CC(=O)N2CCCC(C(=O)NCCN)C2)c1.Cl. The largest absolute Gasteiger partial charge is 0.491 e. The number of rotatable bonds is 7. The molecule has 1 saturated heterocycles. The van der Waals surface area contributed by atoms with Crippen LogP contribution in [0.1, 0.15) is 32.3 Å². The number of carbonyl (C=O) groups excluding carboxylic acids is 2. The molecule has 7 heteroatoms. The van der Waals surface area contributed by atoms with Crippen molar-refractivity contribution in [1.82, 2.24) is 10.2 Å². The lowest BCUT2D eigenvalue weighted by molar-refractivity contribution is -0.135. The van der Waals surface area contributed by atoms with E-state index in [1.54, 1.807) is 4.90 Å². The standard InChI is InChI=1S/C19H29N3O3.ClH/c1-14(2)25-17-7-3-5-15(11-17)12-18(23)22-10-4-6-16(13-22)19(24)21-9-8-20;/h3,5,7,11,14,16H,4,6,8-10,12-13,20H2,1-2H3,(H,21,24);1H. The Hall–Kier alpha value is -1.79. The van der Waals surface area contributed by atoms with Crippen LogP contribution in [0.3, 0.4) is 0 Å². The van der Waals surface area contributed by atoms with Crippen LogP contribution >= 0.6 is 12.4 Å². The number of hydrogen-bond donors (Lipinski definition) is 2. The van der Waals surface area contributed by atoms with Crippen LogP contribution in [0.2, 0.25) is 0 Å². The first-order chi connectivity index (χ1) is 12.0. The fourth-order valence-corrected chi connectivity index (χ4v) is 3.04. The first kappa shape index (κ1) is 22.3. The number of halogens is 1. The third-order valence-electron chi connectivity index (χ3n) is 4.21. The molecule has 2 rings (SSSR count). The molecule has 0 saturated carbocycles. The van der Waals surface area contributed by atoms with Gasteiger partial charge in [-0.1, -0.05) is 12.1 Å². The van der Waals surface area contributed by atoms with Gasteiger partial charge in [-0.15, -0.1) is 12.4 Å². The number of nitrogens with one attached hydrogen (secondary N) is 1. The summed E-state index contributed by atoms with van der Waals surface area (Å²) in [5, 5.41) is 2.82. The van der Waals surface area contributed by atoms with Gasteiger partial charge in [0.05, 0.1) is 18.4 Å². The normalized spacial score (nSPS) is 16.8. The molecule has 0 aromatic heterocycles. The van der Waals surface area contributed by atoms with Gasteiger partial charge in [0.1, 0.15) is 5.75 Å². The maximum absolute atomic E-state index is 12.6. The summed E-state index contributed by atoms with van der Waals surface area (Å²) in [6.07, 6.45) is 2.09. The summed E-state index contributed by atoms with van der Waals surface area (Å²) >= 11 is 0. The second-order valence-electron chi connectivity index (χ2n) is 6.75. The van der Waals surface area contributed by atoms with Gasteiger partial charge in [-0.2, -0.15) is 0 Å². The molecule has 0 aliphatic carbocycles. The van der Waals surface area contributed by atoms with Crippen molar-refractivity contribution in [2.45, 2.75) is 39.2 Å². The summed E-state index contributed by atoms with van der Waals surface area (Å²) in [5.74, 6) is 0.686. The summed E-state index contributed by atoms with van der Waals surface area (Å²) < 4.78 is 5.68. The van der Waals surface area contributed by atoms with Gasteiger partial charge in [-0.05, 0) is 44.4 Å². The van der Waals surface area contributed by atoms with Crippen LogP contribution in [0, 0.1) is 5.92 Å². The van der Waals surface area contributed by atoms with E-state index >= 15 is 0 Å². The van der Waals surface area contributed by atoms with Crippen LogP contribution in [-0.2, 0) is 16.0 Å². The Morgan fingerprint density at radius 3 is 2.85 bits per heavy atom. The maximum Gasteiger partial charge on any atom is 0.227 e. The highest BCUT2D eigenvalue weighted by Crippen LogP contribution is 2.19. The van der Waals surface area contributed by atoms with Crippen molar-refractivity contribution in [3.8, 4) is 5.75 Å². The van der Waals surface area contributed by atoms with Crippen LogP contribution in [-0.4, -0.2) is 49.0 Å². The van der Waals surface area contributed by atoms with E-state index in [1.807, 2.05) is 38.1 Å². The molecule has 146 valence electrons. The molecule has 1 fully saturated rings. The molecule has 3 N–H and O–H groups in total. The van der Waals surface area contributed by atoms with Gasteiger partial charge in [0.15, 0.2) is 0 Å². The third kappa shape index (κ3) is 6.84. The van der Waals surface area contributed by atoms with Crippen molar-refractivity contribution in [2.75, 3.05) is 26.2 Å². The van der Waals surface area contributed by atoms with E-state index in [0.29, 0.717) is 32.6 Å². The number of hydrogen-bond acceptors (Lipinski definition) is 4. The fourth-order valence-electron chi connectivity index (χ4n) is 3.04. The quantitative estimate of drug-likeness (QED) is 0.751. The minimum absolute atomic E-state index is 0. The van der Waals surface area contributed by atoms with Crippen LogP contribution in [0.15, 0.2) is 24.3 Å². The molecule has 0 radical (unpaired) electrons. The van der Waals surface area contributed by atoms with Crippen LogP contribution in [0.25, 0.3) is 0 Å². The summed E-state index contributed by atoms with van der Waals surface area (Å²) in [6.45, 7) is 6.05. The Kier molecular flexibility index (Phi) is 9.44. The second-order valence-corrected chi connectivity index (χ2v) is 6.75. The Labute approximate surface area is 161 Å². The third-order valence-corrected chi connectivity index (χ3v) is 4.21. The molecule has 1 atom stereocenters. The molecule has 6 nitrogen and oxygen atoms in total. The topological polar surface area (TPSA) is 84.7 Å². The van der Waals surface area contributed by atoms with Crippen molar-refractivity contribution < 1.29 is 14.3 Å². The number of ether oxygens (including phenoxy) is 1. The molecule has 1 aromatic carbocycles. The Balaban J connectivity index is 0.00000338. The predicted molar refractivity (Wildman–Crippen MR) is 105 cm³/mol. The van der Waals surface area contributed by atoms with Gasteiger partial charge in [-0.25, -0.2) is 0 Å². The molecule has 1 aliphatic rings. The molecule has 1 heterocycles. The van der Waals surface area contributed by atoms with Gasteiger partial charge in [0, 0.05) is 26.2 Å². The number of benzene rings is 1. The van der Waals surface area contributed by atoms with Crippen molar-refractivity contribution in [1.29, 1.82) is 0 Å². The van der Waals surface area contributed by atoms with E-state index in [4.69, 9.17) is 10.5 Å². The second kappa shape index (κ2) is 11.0. The van der Waals surface area contributed by atoms with Gasteiger partial charge >= 0.3 is 0 Å². The van der Waals surface area contributed by atoms with Gasteiger partial charge in [-0.3, -0.25) is 9.59 Å². The summed E-state index contributed by atoms with van der Waals surface area (Å²) in [6, 6.07) is 7.64. The van der Waals surface area contributed by atoms with Crippen molar-refractivity contribution >= 4 is 24.2 Å². The zero-order valence-electron chi connectivity index (χ0n) is 15.6. The highest BCUT2D eigenvalue weighted by Gasteiger charge is 2.28. The molecule has 26 heavy (non-hydrogen) atoms. The minimum atomic E-state index is -0.139. The number of likely N-dealkylation sites (tertiary alicyclic amines) is 1. The first-order valence-electron chi connectivity index (χ1n) is 9.00. The zero-order chi connectivity index (χ0) is 18.2. The van der Waals surface area contributed by atoms with Gasteiger partial charge < -0.3 is 20.7 Å². The average molecular weight is 384 g/mol. The van der Waals surface area contributed by atoms with Gasteiger partial charge in [0.2, 0.25) is 11.8 Å². The molecule has 1 aliphatic heterocycles. The van der Waals surface area contributed by atoms with Crippen molar-refractivity contribution in [3.05, 3.63) is 29.8 Å². The number of nitrogens with zero attached hydrogens (tertiary/aromatic N) is 1. The Bertz CT molecular complexity index is 595. The van der Waals surface area contributed by atoms with Crippen molar-refractivity contribution in [2.24, 2.45) is 11.7 Å². The maximum atomic E-state index is 12.6. The monoisotopic (exact) mass is 383 g/mol. The lowest BCUT2D eigenvalue weighted by atomic mass is 9.96. The molecular formula is C19H30ClN3O3. The molecule has 2 amide bonds. The zero-order valence-corrected chi connectivity index (χ0v) is 16.4. The summed E-state index contributed by atoms with van der Waals surface area (Å²) in [5.41, 5.74) is 6.35. The molecular weight excluding hydrogens is 354 g/mol. The summed E-state index contributed by atoms with van der Waals surface area (Å²) in [7, 11) is 0. The highest BCUT2D eigenvalue weighted by atomic mass is 35.5. The average Bonchev–Trinajstić information content (AvgIpc) is 2.59. The van der Waals surface area contributed by atoms with E-state index < -0.39 is 0 Å². The predicted octanol–water partition coefficient (Wildman–Crippen LogP) is 1.75. The molecule has 0 spiro atoms. The highest BCUT2D eigenvalue weighted by molar-refractivity contribution is 5.85. The van der Waals surface area contributed by atoms with Gasteiger partial charge in [0.25, 0.3) is 0 Å².